The standard InChI is InChI=1S/C20H24F2N4O3/c1-19(9-23)10-25(11-20(19,21)22)7-12-2-3-13-8-26(18(29)14(13)6-12)15-4-5-16(27)24-17(15)28/h2-3,6,15H,4-5,7-11,23H2,1H3,(H,24,27,28). The third kappa shape index (κ3) is 3.32. The van der Waals surface area contributed by atoms with Crippen molar-refractivity contribution in [3.63, 3.8) is 0 Å². The maximum Gasteiger partial charge on any atom is 0.268 e. The Morgan fingerprint density at radius 2 is 2.00 bits per heavy atom. The third-order valence-corrected chi connectivity index (χ3v) is 6.33. The van der Waals surface area contributed by atoms with Crippen molar-refractivity contribution in [1.82, 2.24) is 15.1 Å². The van der Waals surface area contributed by atoms with Gasteiger partial charge >= 0.3 is 0 Å². The number of carbonyl (C=O) groups excluding carboxylic acids is 3. The molecule has 9 heteroatoms. The Kier molecular flexibility index (Phi) is 4.70. The molecular formula is C20H24F2N4O3. The van der Waals surface area contributed by atoms with Gasteiger partial charge in [-0.25, -0.2) is 8.78 Å². The summed E-state index contributed by atoms with van der Waals surface area (Å²) in [6.07, 6.45) is 0.503. The van der Waals surface area contributed by atoms with Gasteiger partial charge in [0.15, 0.2) is 0 Å². The van der Waals surface area contributed by atoms with E-state index in [4.69, 9.17) is 5.73 Å². The van der Waals surface area contributed by atoms with Crippen molar-refractivity contribution in [3.05, 3.63) is 34.9 Å². The van der Waals surface area contributed by atoms with Crippen LogP contribution in [0.25, 0.3) is 0 Å². The Morgan fingerprint density at radius 1 is 1.24 bits per heavy atom. The number of imide groups is 1. The number of hydrogen-bond acceptors (Lipinski definition) is 5. The molecule has 3 N–H and O–H groups in total. The molecule has 156 valence electrons. The van der Waals surface area contributed by atoms with E-state index in [0.717, 1.165) is 11.1 Å². The molecule has 2 saturated heterocycles. The maximum atomic E-state index is 14.3. The average Bonchev–Trinajstić information content (AvgIpc) is 3.09. The largest absolute Gasteiger partial charge is 0.330 e. The molecule has 0 saturated carbocycles. The molecule has 0 aromatic heterocycles. The number of likely N-dealkylation sites (tertiary alicyclic amines) is 1. The van der Waals surface area contributed by atoms with E-state index in [1.54, 1.807) is 11.0 Å². The first kappa shape index (κ1) is 19.9. The summed E-state index contributed by atoms with van der Waals surface area (Å²) in [5, 5.41) is 2.27. The van der Waals surface area contributed by atoms with Gasteiger partial charge in [0.05, 0.1) is 12.0 Å². The number of rotatable bonds is 4. The van der Waals surface area contributed by atoms with E-state index in [1.807, 2.05) is 12.1 Å². The Morgan fingerprint density at radius 3 is 2.66 bits per heavy atom. The zero-order valence-corrected chi connectivity index (χ0v) is 16.2. The van der Waals surface area contributed by atoms with Crippen LogP contribution >= 0.6 is 0 Å². The van der Waals surface area contributed by atoms with Gasteiger partial charge in [-0.1, -0.05) is 19.1 Å². The van der Waals surface area contributed by atoms with Crippen molar-refractivity contribution in [1.29, 1.82) is 0 Å². The van der Waals surface area contributed by atoms with Gasteiger partial charge in [0.25, 0.3) is 11.8 Å². The minimum atomic E-state index is -2.86. The van der Waals surface area contributed by atoms with E-state index in [9.17, 15) is 23.2 Å². The van der Waals surface area contributed by atoms with Crippen LogP contribution in [0.1, 0.15) is 41.3 Å². The lowest BCUT2D eigenvalue weighted by Crippen LogP contribution is -2.52. The highest BCUT2D eigenvalue weighted by Crippen LogP contribution is 2.43. The second-order valence-corrected chi connectivity index (χ2v) is 8.51. The average molecular weight is 406 g/mol. The quantitative estimate of drug-likeness (QED) is 0.724. The van der Waals surface area contributed by atoms with Gasteiger partial charge in [-0.2, -0.15) is 0 Å². The zero-order valence-electron chi connectivity index (χ0n) is 16.2. The first-order valence-corrected chi connectivity index (χ1v) is 9.70. The fraction of sp³-hybridized carbons (Fsp3) is 0.550. The highest BCUT2D eigenvalue weighted by atomic mass is 19.3. The number of fused-ring (bicyclic) bond motifs is 1. The molecule has 1 aromatic rings. The molecule has 29 heavy (non-hydrogen) atoms. The Bertz CT molecular complexity index is 890. The highest BCUT2D eigenvalue weighted by molar-refractivity contribution is 6.05. The van der Waals surface area contributed by atoms with Gasteiger partial charge in [-0.15, -0.1) is 0 Å². The number of piperidine rings is 1. The summed E-state index contributed by atoms with van der Waals surface area (Å²) in [5.41, 5.74) is 6.37. The lowest BCUT2D eigenvalue weighted by Gasteiger charge is -2.29. The summed E-state index contributed by atoms with van der Waals surface area (Å²) in [6, 6.07) is 4.69. The minimum absolute atomic E-state index is 0.0971. The van der Waals surface area contributed by atoms with E-state index in [2.05, 4.69) is 5.32 Å². The first-order valence-electron chi connectivity index (χ1n) is 9.70. The summed E-state index contributed by atoms with van der Waals surface area (Å²) in [4.78, 5) is 39.5. The number of amides is 3. The van der Waals surface area contributed by atoms with Gasteiger partial charge in [0, 0.05) is 38.2 Å². The molecule has 4 rings (SSSR count). The van der Waals surface area contributed by atoms with Crippen LogP contribution in [-0.2, 0) is 22.7 Å². The molecule has 3 aliphatic rings. The molecule has 2 atom stereocenters. The fourth-order valence-electron chi connectivity index (χ4n) is 4.42. The third-order valence-electron chi connectivity index (χ3n) is 6.33. The molecule has 1 aromatic carbocycles. The smallest absolute Gasteiger partial charge is 0.268 e. The second kappa shape index (κ2) is 6.84. The van der Waals surface area contributed by atoms with Crippen molar-refractivity contribution in [2.75, 3.05) is 19.6 Å². The normalized spacial score (nSPS) is 29.3. The molecule has 3 amide bonds. The van der Waals surface area contributed by atoms with E-state index in [-0.39, 0.29) is 37.9 Å². The van der Waals surface area contributed by atoms with Crippen molar-refractivity contribution < 1.29 is 23.2 Å². The number of nitrogens with two attached hydrogens (primary N) is 1. The van der Waals surface area contributed by atoms with Crippen LogP contribution in [0.4, 0.5) is 8.78 Å². The number of halogens is 2. The van der Waals surface area contributed by atoms with Gasteiger partial charge < -0.3 is 10.6 Å². The van der Waals surface area contributed by atoms with E-state index >= 15 is 0 Å². The molecule has 3 heterocycles. The van der Waals surface area contributed by atoms with E-state index < -0.39 is 23.3 Å². The van der Waals surface area contributed by atoms with Crippen LogP contribution in [-0.4, -0.2) is 59.1 Å². The molecule has 0 aliphatic carbocycles. The number of nitrogens with one attached hydrogen (secondary N) is 1. The van der Waals surface area contributed by atoms with Crippen LogP contribution in [0.5, 0.6) is 0 Å². The van der Waals surface area contributed by atoms with Crippen LogP contribution in [0, 0.1) is 5.41 Å². The molecule has 7 nitrogen and oxygen atoms in total. The number of nitrogens with zero attached hydrogens (tertiary/aromatic N) is 2. The summed E-state index contributed by atoms with van der Waals surface area (Å²) in [5.74, 6) is -3.92. The molecule has 0 bridgehead atoms. The number of benzene rings is 1. The predicted octanol–water partition coefficient (Wildman–Crippen LogP) is 0.864. The highest BCUT2D eigenvalue weighted by Gasteiger charge is 2.56. The number of alkyl halides is 2. The van der Waals surface area contributed by atoms with Gasteiger partial charge in [-0.3, -0.25) is 24.6 Å². The predicted molar refractivity (Wildman–Crippen MR) is 99.9 cm³/mol. The lowest BCUT2D eigenvalue weighted by atomic mass is 9.86. The summed E-state index contributed by atoms with van der Waals surface area (Å²) in [7, 11) is 0. The van der Waals surface area contributed by atoms with Gasteiger partial charge in [-0.05, 0) is 23.6 Å². The monoisotopic (exact) mass is 406 g/mol. The van der Waals surface area contributed by atoms with Crippen molar-refractivity contribution in [3.8, 4) is 0 Å². The lowest BCUT2D eigenvalue weighted by molar-refractivity contribution is -0.136. The Hall–Kier alpha value is -2.39. The topological polar surface area (TPSA) is 95.7 Å². The minimum Gasteiger partial charge on any atom is -0.330 e. The molecule has 2 fully saturated rings. The van der Waals surface area contributed by atoms with Crippen LogP contribution < -0.4 is 11.1 Å². The van der Waals surface area contributed by atoms with Crippen molar-refractivity contribution >= 4 is 17.7 Å². The first-order chi connectivity index (χ1) is 13.6. The molecule has 0 spiro atoms. The van der Waals surface area contributed by atoms with Crippen LogP contribution in [0.3, 0.4) is 0 Å². The van der Waals surface area contributed by atoms with Crippen LogP contribution in [0.2, 0.25) is 0 Å². The van der Waals surface area contributed by atoms with Crippen molar-refractivity contribution in [2.24, 2.45) is 11.1 Å². The van der Waals surface area contributed by atoms with Gasteiger partial charge in [0.2, 0.25) is 11.8 Å². The zero-order chi connectivity index (χ0) is 21.0. The molecule has 3 aliphatic heterocycles. The summed E-state index contributed by atoms with van der Waals surface area (Å²) >= 11 is 0. The van der Waals surface area contributed by atoms with Crippen LogP contribution in [0.15, 0.2) is 18.2 Å². The van der Waals surface area contributed by atoms with Crippen molar-refractivity contribution in [2.45, 2.75) is 44.8 Å². The fourth-order valence-corrected chi connectivity index (χ4v) is 4.42. The SMILES string of the molecule is CC1(CN)CN(Cc2ccc3c(c2)C(=O)N(C2CCC(=O)NC2=O)C3)CC1(F)F. The number of hydrogen-bond donors (Lipinski definition) is 2. The van der Waals surface area contributed by atoms with E-state index in [0.29, 0.717) is 25.1 Å². The number of carbonyl (C=O) groups is 3. The Balaban J connectivity index is 1.49. The second-order valence-electron chi connectivity index (χ2n) is 8.51. The summed E-state index contributed by atoms with van der Waals surface area (Å²) < 4.78 is 28.6. The molecule has 0 radical (unpaired) electrons. The van der Waals surface area contributed by atoms with Gasteiger partial charge in [0.1, 0.15) is 6.04 Å². The molecular weight excluding hydrogens is 382 g/mol. The van der Waals surface area contributed by atoms with E-state index in [1.165, 1.54) is 11.8 Å². The molecule has 2 unspecified atom stereocenters. The maximum absolute atomic E-state index is 14.3. The summed E-state index contributed by atoms with van der Waals surface area (Å²) in [6.45, 7) is 1.81. The Labute approximate surface area is 167 Å².